The fraction of sp³-hybridized carbons (Fsp3) is 0.812. The van der Waals surface area contributed by atoms with Gasteiger partial charge < -0.3 is 14.5 Å². The zero-order valence-corrected chi connectivity index (χ0v) is 14.2. The topological polar surface area (TPSA) is 77.2 Å². The highest BCUT2D eigenvalue weighted by Gasteiger charge is 2.28. The Kier molecular flexibility index (Phi) is 5.08. The van der Waals surface area contributed by atoms with E-state index < -0.39 is 5.60 Å². The van der Waals surface area contributed by atoms with Crippen molar-refractivity contribution >= 4 is 6.09 Å². The Balaban J connectivity index is 1.81. The fourth-order valence-electron chi connectivity index (χ4n) is 2.60. The van der Waals surface area contributed by atoms with Crippen LogP contribution in [0.5, 0.6) is 0 Å². The molecule has 0 unspecified atom stereocenters. The molecular weight excluding hydrogens is 282 g/mol. The largest absolute Gasteiger partial charge is 0.444 e. The molecule has 1 fully saturated rings. The van der Waals surface area contributed by atoms with E-state index in [1.807, 2.05) is 34.6 Å². The predicted molar refractivity (Wildman–Crippen MR) is 82.8 cm³/mol. The van der Waals surface area contributed by atoms with Crippen molar-refractivity contribution in [3.63, 3.8) is 0 Å². The number of hydrogen-bond donors (Lipinski definition) is 1. The molecule has 0 saturated heterocycles. The normalized spacial score (nSPS) is 22.6. The van der Waals surface area contributed by atoms with E-state index in [9.17, 15) is 4.79 Å². The molecule has 124 valence electrons. The minimum Gasteiger partial charge on any atom is -0.444 e. The van der Waals surface area contributed by atoms with E-state index in [0.29, 0.717) is 11.8 Å². The van der Waals surface area contributed by atoms with E-state index in [0.717, 1.165) is 31.6 Å². The number of carbonyl (C=O) groups is 1. The van der Waals surface area contributed by atoms with Gasteiger partial charge in [0.1, 0.15) is 5.60 Å². The molecule has 6 nitrogen and oxygen atoms in total. The minimum atomic E-state index is -0.460. The van der Waals surface area contributed by atoms with Crippen molar-refractivity contribution in [2.75, 3.05) is 0 Å². The number of rotatable bonds is 3. The summed E-state index contributed by atoms with van der Waals surface area (Å²) in [5.41, 5.74) is -0.460. The van der Waals surface area contributed by atoms with Crippen LogP contribution in [0.15, 0.2) is 4.42 Å². The summed E-state index contributed by atoms with van der Waals surface area (Å²) in [6.45, 7) is 9.68. The van der Waals surface area contributed by atoms with Gasteiger partial charge in [-0.05, 0) is 46.5 Å². The van der Waals surface area contributed by atoms with Crippen LogP contribution >= 0.6 is 0 Å². The highest BCUT2D eigenvalue weighted by Crippen LogP contribution is 2.32. The summed E-state index contributed by atoms with van der Waals surface area (Å²) in [4.78, 5) is 11.8. The molecule has 1 heterocycles. The van der Waals surface area contributed by atoms with Crippen molar-refractivity contribution in [2.24, 2.45) is 0 Å². The van der Waals surface area contributed by atoms with Gasteiger partial charge in [-0.15, -0.1) is 10.2 Å². The average molecular weight is 309 g/mol. The fourth-order valence-corrected chi connectivity index (χ4v) is 2.60. The first-order valence-corrected chi connectivity index (χ1v) is 8.07. The molecule has 1 aromatic heterocycles. The van der Waals surface area contributed by atoms with Gasteiger partial charge in [0, 0.05) is 17.9 Å². The summed E-state index contributed by atoms with van der Waals surface area (Å²) in [6, 6.07) is 0.165. The third-order valence-electron chi connectivity index (χ3n) is 3.75. The number of aromatic nitrogens is 2. The molecule has 0 aliphatic heterocycles. The van der Waals surface area contributed by atoms with Gasteiger partial charge in [-0.1, -0.05) is 13.8 Å². The second kappa shape index (κ2) is 6.67. The van der Waals surface area contributed by atoms with Crippen LogP contribution in [-0.4, -0.2) is 27.9 Å². The average Bonchev–Trinajstić information content (AvgIpc) is 2.87. The lowest BCUT2D eigenvalue weighted by Crippen LogP contribution is -2.40. The highest BCUT2D eigenvalue weighted by molar-refractivity contribution is 5.68. The molecular formula is C16H27N3O3. The third kappa shape index (κ3) is 4.71. The molecule has 0 aromatic carbocycles. The Morgan fingerprint density at radius 2 is 1.86 bits per heavy atom. The van der Waals surface area contributed by atoms with Crippen LogP contribution in [0.1, 0.15) is 83.9 Å². The second-order valence-electron chi connectivity index (χ2n) is 7.33. The van der Waals surface area contributed by atoms with Gasteiger partial charge in [-0.2, -0.15) is 0 Å². The molecule has 1 aliphatic carbocycles. The first-order valence-electron chi connectivity index (χ1n) is 8.07. The zero-order valence-electron chi connectivity index (χ0n) is 14.2. The van der Waals surface area contributed by atoms with Crippen LogP contribution in [-0.2, 0) is 4.74 Å². The van der Waals surface area contributed by atoms with E-state index in [1.54, 1.807) is 0 Å². The lowest BCUT2D eigenvalue weighted by Gasteiger charge is -2.28. The maximum atomic E-state index is 11.8. The molecule has 1 amide bonds. The maximum absolute atomic E-state index is 11.8. The number of carbonyl (C=O) groups excluding carboxylic acids is 1. The van der Waals surface area contributed by atoms with Gasteiger partial charge in [0.05, 0.1) is 0 Å². The van der Waals surface area contributed by atoms with E-state index in [1.165, 1.54) is 0 Å². The predicted octanol–water partition coefficient (Wildman–Crippen LogP) is 3.74. The van der Waals surface area contributed by atoms with Crippen LogP contribution in [0.3, 0.4) is 0 Å². The number of nitrogens with one attached hydrogen (secondary N) is 1. The Bertz CT molecular complexity index is 497. The Hall–Kier alpha value is -1.59. The standard InChI is InChI=1S/C16H27N3O3/c1-10(2)13-18-19-14(21-13)11-6-8-12(9-7-11)17-15(20)22-16(3,4)5/h10-12H,6-9H2,1-5H3,(H,17,20). The summed E-state index contributed by atoms with van der Waals surface area (Å²) in [5, 5.41) is 11.2. The van der Waals surface area contributed by atoms with Gasteiger partial charge in [-0.3, -0.25) is 0 Å². The van der Waals surface area contributed by atoms with Crippen molar-refractivity contribution in [1.29, 1.82) is 0 Å². The molecule has 1 aromatic rings. The Labute approximate surface area is 132 Å². The molecule has 0 atom stereocenters. The van der Waals surface area contributed by atoms with Crippen LogP contribution < -0.4 is 5.32 Å². The van der Waals surface area contributed by atoms with Crippen LogP contribution in [0, 0.1) is 0 Å². The molecule has 0 radical (unpaired) electrons. The van der Waals surface area contributed by atoms with Gasteiger partial charge in [0.25, 0.3) is 0 Å². The first kappa shape index (κ1) is 16.8. The molecule has 0 spiro atoms. The Morgan fingerprint density at radius 1 is 1.23 bits per heavy atom. The number of nitrogens with zero attached hydrogens (tertiary/aromatic N) is 2. The van der Waals surface area contributed by atoms with Crippen molar-refractivity contribution in [1.82, 2.24) is 15.5 Å². The molecule has 0 bridgehead atoms. The quantitative estimate of drug-likeness (QED) is 0.920. The minimum absolute atomic E-state index is 0.165. The monoisotopic (exact) mass is 309 g/mol. The van der Waals surface area contributed by atoms with E-state index >= 15 is 0 Å². The summed E-state index contributed by atoms with van der Waals surface area (Å²) in [5.74, 6) is 1.99. The van der Waals surface area contributed by atoms with Gasteiger partial charge >= 0.3 is 6.09 Å². The Morgan fingerprint density at radius 3 is 2.36 bits per heavy atom. The van der Waals surface area contributed by atoms with Crippen LogP contribution in [0.25, 0.3) is 0 Å². The number of amides is 1. The highest BCUT2D eigenvalue weighted by atomic mass is 16.6. The number of alkyl carbamates (subject to hydrolysis) is 1. The van der Waals surface area contributed by atoms with Crippen molar-refractivity contribution < 1.29 is 13.9 Å². The summed E-state index contributed by atoms with van der Waals surface area (Å²) in [6.07, 6.45) is 3.36. The zero-order chi connectivity index (χ0) is 16.3. The van der Waals surface area contributed by atoms with Crippen LogP contribution in [0.2, 0.25) is 0 Å². The lowest BCUT2D eigenvalue weighted by atomic mass is 9.86. The van der Waals surface area contributed by atoms with Gasteiger partial charge in [0.15, 0.2) is 0 Å². The van der Waals surface area contributed by atoms with E-state index in [2.05, 4.69) is 15.5 Å². The molecule has 6 heteroatoms. The lowest BCUT2D eigenvalue weighted by molar-refractivity contribution is 0.0490. The molecule has 22 heavy (non-hydrogen) atoms. The molecule has 1 saturated carbocycles. The second-order valence-corrected chi connectivity index (χ2v) is 7.33. The number of hydrogen-bond acceptors (Lipinski definition) is 5. The molecule has 1 aliphatic rings. The van der Waals surface area contributed by atoms with E-state index in [4.69, 9.17) is 9.15 Å². The molecule has 1 N–H and O–H groups in total. The summed E-state index contributed by atoms with van der Waals surface area (Å²) >= 11 is 0. The van der Waals surface area contributed by atoms with Crippen LogP contribution in [0.4, 0.5) is 4.79 Å². The summed E-state index contributed by atoms with van der Waals surface area (Å²) in [7, 11) is 0. The molecule has 2 rings (SSSR count). The van der Waals surface area contributed by atoms with Gasteiger partial charge in [-0.25, -0.2) is 4.79 Å². The maximum Gasteiger partial charge on any atom is 0.407 e. The SMILES string of the molecule is CC(C)c1nnc(C2CCC(NC(=O)OC(C)(C)C)CC2)o1. The number of ether oxygens (including phenoxy) is 1. The van der Waals surface area contributed by atoms with Crippen molar-refractivity contribution in [2.45, 2.75) is 83.8 Å². The van der Waals surface area contributed by atoms with E-state index in [-0.39, 0.29) is 18.1 Å². The first-order chi connectivity index (χ1) is 10.2. The summed E-state index contributed by atoms with van der Waals surface area (Å²) < 4.78 is 11.0. The van der Waals surface area contributed by atoms with Crippen molar-refractivity contribution in [3.8, 4) is 0 Å². The smallest absolute Gasteiger partial charge is 0.407 e. The van der Waals surface area contributed by atoms with Gasteiger partial charge in [0.2, 0.25) is 11.8 Å². The third-order valence-corrected chi connectivity index (χ3v) is 3.75. The van der Waals surface area contributed by atoms with Crippen molar-refractivity contribution in [3.05, 3.63) is 11.8 Å².